The van der Waals surface area contributed by atoms with Crippen LogP contribution in [0.4, 0.5) is 4.79 Å². The predicted octanol–water partition coefficient (Wildman–Crippen LogP) is 6.51. The van der Waals surface area contributed by atoms with Gasteiger partial charge < -0.3 is 14.5 Å². The Kier molecular flexibility index (Phi) is 9.05. The van der Waals surface area contributed by atoms with E-state index in [1.54, 1.807) is 11.1 Å². The lowest BCUT2D eigenvalue weighted by atomic mass is 9.92. The molecule has 39 heavy (non-hydrogen) atoms. The number of rotatable bonds is 8. The number of hydrogen-bond donors (Lipinski definition) is 0. The lowest BCUT2D eigenvalue weighted by Gasteiger charge is -2.35. The molecule has 6 heteroatoms. The van der Waals surface area contributed by atoms with Crippen LogP contribution in [0.1, 0.15) is 73.6 Å². The molecule has 1 aromatic heterocycles. The average Bonchev–Trinajstić information content (AvgIpc) is 3.35. The maximum absolute atomic E-state index is 13.4. The van der Waals surface area contributed by atoms with Crippen molar-refractivity contribution < 1.29 is 14.3 Å². The molecule has 0 saturated carbocycles. The molecule has 0 bridgehead atoms. The van der Waals surface area contributed by atoms with Crippen LogP contribution in [0, 0.1) is 0 Å². The smallest absolute Gasteiger partial charge is 0.410 e. The molecule has 0 aliphatic carbocycles. The highest BCUT2D eigenvalue weighted by molar-refractivity contribution is 5.94. The fourth-order valence-electron chi connectivity index (χ4n) is 5.39. The summed E-state index contributed by atoms with van der Waals surface area (Å²) in [6.07, 6.45) is 4.80. The molecule has 1 fully saturated rings. The third-order valence-corrected chi connectivity index (χ3v) is 7.50. The number of ether oxygens (including phenoxy) is 1. The predicted molar refractivity (Wildman–Crippen MR) is 155 cm³/mol. The first-order valence-electron chi connectivity index (χ1n) is 13.9. The summed E-state index contributed by atoms with van der Waals surface area (Å²) in [5, 5.41) is 0. The molecule has 1 aliphatic rings. The summed E-state index contributed by atoms with van der Waals surface area (Å²) in [5.74, 6) is 0.191. The monoisotopic (exact) mass is 527 g/mol. The number of nitrogens with zero attached hydrogens (tertiary/aromatic N) is 3. The van der Waals surface area contributed by atoms with E-state index < -0.39 is 5.60 Å². The second-order valence-electron chi connectivity index (χ2n) is 11.6. The maximum atomic E-state index is 13.4. The van der Waals surface area contributed by atoms with E-state index in [1.165, 1.54) is 5.56 Å². The summed E-state index contributed by atoms with van der Waals surface area (Å²) >= 11 is 0. The van der Waals surface area contributed by atoms with Gasteiger partial charge in [-0.2, -0.15) is 0 Å². The van der Waals surface area contributed by atoms with Crippen LogP contribution in [0.15, 0.2) is 79.0 Å². The molecule has 3 atom stereocenters. The third-order valence-electron chi connectivity index (χ3n) is 7.50. The second kappa shape index (κ2) is 12.5. The van der Waals surface area contributed by atoms with Crippen LogP contribution < -0.4 is 0 Å². The molecule has 1 saturated heterocycles. The van der Waals surface area contributed by atoms with Crippen molar-refractivity contribution in [2.75, 3.05) is 13.6 Å². The Hall–Kier alpha value is -3.67. The minimum absolute atomic E-state index is 0.00882. The fraction of sp³-hybridized carbons (Fsp3) is 0.424. The molecule has 2 amide bonds. The number of carbonyl (C=O) groups is 2. The number of likely N-dealkylation sites (N-methyl/N-ethyl adjacent to an activating group) is 1. The number of aromatic nitrogens is 1. The van der Waals surface area contributed by atoms with Gasteiger partial charge >= 0.3 is 6.09 Å². The van der Waals surface area contributed by atoms with Crippen LogP contribution in [0.25, 0.3) is 0 Å². The van der Waals surface area contributed by atoms with Gasteiger partial charge in [0.2, 0.25) is 0 Å². The summed E-state index contributed by atoms with van der Waals surface area (Å²) in [6, 6.07) is 24.1. The molecule has 1 unspecified atom stereocenters. The summed E-state index contributed by atoms with van der Waals surface area (Å²) in [4.78, 5) is 34.5. The van der Waals surface area contributed by atoms with Crippen molar-refractivity contribution in [2.45, 2.75) is 77.0 Å². The number of pyridine rings is 1. The van der Waals surface area contributed by atoms with E-state index in [0.717, 1.165) is 30.5 Å². The highest BCUT2D eigenvalue weighted by Gasteiger charge is 2.41. The van der Waals surface area contributed by atoms with Gasteiger partial charge in [0.25, 0.3) is 5.91 Å². The van der Waals surface area contributed by atoms with E-state index in [2.05, 4.69) is 36.2 Å². The highest BCUT2D eigenvalue weighted by Crippen LogP contribution is 2.36. The maximum Gasteiger partial charge on any atom is 0.410 e. The van der Waals surface area contributed by atoms with E-state index in [9.17, 15) is 9.59 Å². The quantitative estimate of drug-likeness (QED) is 0.335. The van der Waals surface area contributed by atoms with Gasteiger partial charge in [-0.25, -0.2) is 4.79 Å². The van der Waals surface area contributed by atoms with Crippen molar-refractivity contribution in [3.05, 3.63) is 101 Å². The number of carbonyl (C=O) groups excluding carboxylic acids is 2. The van der Waals surface area contributed by atoms with E-state index in [1.807, 2.05) is 81.2 Å². The van der Waals surface area contributed by atoms with Gasteiger partial charge in [0.1, 0.15) is 5.60 Å². The van der Waals surface area contributed by atoms with Gasteiger partial charge in [0.15, 0.2) is 0 Å². The van der Waals surface area contributed by atoms with Crippen molar-refractivity contribution >= 4 is 12.0 Å². The Balaban J connectivity index is 1.44. The molecule has 2 aromatic carbocycles. The largest absolute Gasteiger partial charge is 0.444 e. The van der Waals surface area contributed by atoms with E-state index in [4.69, 9.17) is 4.74 Å². The van der Waals surface area contributed by atoms with Crippen molar-refractivity contribution in [1.82, 2.24) is 14.8 Å². The van der Waals surface area contributed by atoms with Gasteiger partial charge in [-0.15, -0.1) is 0 Å². The first-order chi connectivity index (χ1) is 18.6. The van der Waals surface area contributed by atoms with Crippen LogP contribution in [0.2, 0.25) is 0 Å². The van der Waals surface area contributed by atoms with Crippen molar-refractivity contribution in [1.29, 1.82) is 0 Å². The van der Waals surface area contributed by atoms with E-state index in [0.29, 0.717) is 18.5 Å². The average molecular weight is 528 g/mol. The Labute approximate surface area is 233 Å². The summed E-state index contributed by atoms with van der Waals surface area (Å²) in [5.41, 5.74) is 3.41. The molecular formula is C33H41N3O3. The minimum atomic E-state index is -0.560. The number of likely N-dealkylation sites (tertiary alicyclic amines) is 1. The Morgan fingerprint density at radius 2 is 1.69 bits per heavy atom. The van der Waals surface area contributed by atoms with Gasteiger partial charge in [-0.3, -0.25) is 9.78 Å². The zero-order valence-corrected chi connectivity index (χ0v) is 23.8. The molecule has 6 nitrogen and oxygen atoms in total. The molecule has 4 rings (SSSR count). The molecule has 0 N–H and O–H groups in total. The van der Waals surface area contributed by atoms with Crippen molar-refractivity contribution in [3.8, 4) is 0 Å². The van der Waals surface area contributed by atoms with Gasteiger partial charge in [-0.05, 0) is 75.4 Å². The highest BCUT2D eigenvalue weighted by atomic mass is 16.6. The van der Waals surface area contributed by atoms with Crippen molar-refractivity contribution in [2.24, 2.45) is 0 Å². The van der Waals surface area contributed by atoms with Crippen LogP contribution >= 0.6 is 0 Å². The van der Waals surface area contributed by atoms with E-state index in [-0.39, 0.29) is 30.0 Å². The lowest BCUT2D eigenvalue weighted by Crippen LogP contribution is -2.46. The number of benzene rings is 2. The SMILES string of the molecule is C[C@H](c1ccccc1)[C@H]1CCC(Cc2ccc(C(=O)N(C)CCc3ccccn3)cc2)N1C(=O)OC(C)(C)C. The van der Waals surface area contributed by atoms with E-state index >= 15 is 0 Å². The number of hydrogen-bond acceptors (Lipinski definition) is 4. The molecule has 0 spiro atoms. The van der Waals surface area contributed by atoms with Gasteiger partial charge in [0.05, 0.1) is 0 Å². The summed E-state index contributed by atoms with van der Waals surface area (Å²) in [6.45, 7) is 8.54. The molecular weight excluding hydrogens is 486 g/mol. The first kappa shape index (κ1) is 28.3. The van der Waals surface area contributed by atoms with Crippen LogP contribution in [-0.4, -0.2) is 58.1 Å². The van der Waals surface area contributed by atoms with Crippen molar-refractivity contribution in [3.63, 3.8) is 0 Å². The second-order valence-corrected chi connectivity index (χ2v) is 11.6. The van der Waals surface area contributed by atoms with Crippen LogP contribution in [0.5, 0.6) is 0 Å². The minimum Gasteiger partial charge on any atom is -0.444 e. The summed E-state index contributed by atoms with van der Waals surface area (Å²) in [7, 11) is 1.82. The first-order valence-corrected chi connectivity index (χ1v) is 13.9. The zero-order chi connectivity index (χ0) is 28.0. The normalized spacial score (nSPS) is 18.0. The topological polar surface area (TPSA) is 62.7 Å². The summed E-state index contributed by atoms with van der Waals surface area (Å²) < 4.78 is 5.87. The fourth-order valence-corrected chi connectivity index (χ4v) is 5.39. The number of amides is 2. The Morgan fingerprint density at radius 3 is 2.33 bits per heavy atom. The van der Waals surface area contributed by atoms with Crippen LogP contribution in [0.3, 0.4) is 0 Å². The molecule has 1 aliphatic heterocycles. The molecule has 0 radical (unpaired) electrons. The zero-order valence-electron chi connectivity index (χ0n) is 23.8. The van der Waals surface area contributed by atoms with Gasteiger partial charge in [-0.1, -0.05) is 55.5 Å². The standard InChI is InChI=1S/C33H41N3O3/c1-24(26-11-7-6-8-12-26)30-19-18-29(36(30)32(38)39-33(2,3)4)23-25-14-16-27(17-15-25)31(37)35(5)22-20-28-13-9-10-21-34-28/h6-17,21,24,29-30H,18-20,22-23H2,1-5H3/t24-,29?,30-/m1/s1. The Morgan fingerprint density at radius 1 is 1.00 bits per heavy atom. The third kappa shape index (κ3) is 7.47. The molecule has 2 heterocycles. The Bertz CT molecular complexity index is 1220. The van der Waals surface area contributed by atoms with Crippen LogP contribution in [-0.2, 0) is 17.6 Å². The lowest BCUT2D eigenvalue weighted by molar-refractivity contribution is 0.0126. The molecule has 206 valence electrons. The molecule has 3 aromatic rings. The van der Waals surface area contributed by atoms with Gasteiger partial charge in [0, 0.05) is 55.5 Å².